The fraction of sp³-hybridized carbons (Fsp3) is 0.952. The number of esters is 4. The Balaban J connectivity index is 5.21. The molecule has 0 bridgehead atoms. The van der Waals surface area contributed by atoms with Crippen LogP contribution in [0.4, 0.5) is 0 Å². The third-order valence-electron chi connectivity index (χ3n) is 20.0. The van der Waals surface area contributed by atoms with Gasteiger partial charge in [0.05, 0.1) is 26.4 Å². The van der Waals surface area contributed by atoms with Gasteiger partial charge in [-0.2, -0.15) is 0 Å². The molecule has 17 nitrogen and oxygen atoms in total. The quantitative estimate of drug-likeness (QED) is 0.0222. The van der Waals surface area contributed by atoms with Crippen molar-refractivity contribution in [2.75, 3.05) is 39.6 Å². The predicted octanol–water partition coefficient (Wildman–Crippen LogP) is 25.3. The third kappa shape index (κ3) is 76.6. The molecule has 0 heterocycles. The van der Waals surface area contributed by atoms with Crippen molar-refractivity contribution in [1.29, 1.82) is 0 Å². The van der Waals surface area contributed by atoms with Crippen LogP contribution in [-0.4, -0.2) is 96.7 Å². The molecule has 0 aromatic carbocycles. The van der Waals surface area contributed by atoms with E-state index in [1.807, 2.05) is 0 Å². The molecule has 6 atom stereocenters. The van der Waals surface area contributed by atoms with E-state index in [4.69, 9.17) is 37.0 Å². The molecule has 0 fully saturated rings. The summed E-state index contributed by atoms with van der Waals surface area (Å²) in [7, 11) is -9.92. The summed E-state index contributed by atoms with van der Waals surface area (Å²) in [6.07, 6.45) is 64.1. The maximum absolute atomic E-state index is 13.1. The lowest BCUT2D eigenvalue weighted by atomic mass is 9.99. The molecule has 0 aliphatic rings. The second-order valence-corrected chi connectivity index (χ2v) is 34.3. The van der Waals surface area contributed by atoms with Crippen LogP contribution in [0.3, 0.4) is 0 Å². The van der Waals surface area contributed by atoms with E-state index in [-0.39, 0.29) is 25.7 Å². The summed E-state index contributed by atoms with van der Waals surface area (Å²) in [4.78, 5) is 73.1. The van der Waals surface area contributed by atoms with Crippen LogP contribution in [-0.2, 0) is 65.4 Å². The van der Waals surface area contributed by atoms with Crippen LogP contribution in [0.5, 0.6) is 0 Å². The Bertz CT molecular complexity index is 1990. The van der Waals surface area contributed by atoms with Gasteiger partial charge in [-0.15, -0.1) is 0 Å². The maximum Gasteiger partial charge on any atom is 0.472 e. The number of phosphoric ester groups is 2. The summed E-state index contributed by atoms with van der Waals surface area (Å²) in [5, 5.41) is 10.7. The van der Waals surface area contributed by atoms with E-state index in [0.717, 1.165) is 108 Å². The van der Waals surface area contributed by atoms with E-state index in [1.165, 1.54) is 244 Å². The molecule has 612 valence electrons. The van der Waals surface area contributed by atoms with Crippen molar-refractivity contribution in [2.45, 2.75) is 458 Å². The Labute approximate surface area is 632 Å². The molecule has 0 spiro atoms. The lowest BCUT2D eigenvalue weighted by Gasteiger charge is -2.21. The zero-order chi connectivity index (χ0) is 75.8. The van der Waals surface area contributed by atoms with Gasteiger partial charge in [-0.1, -0.05) is 389 Å². The number of ether oxygens (including phenoxy) is 4. The van der Waals surface area contributed by atoms with Crippen LogP contribution in [0.25, 0.3) is 0 Å². The number of hydrogen-bond donors (Lipinski definition) is 3. The predicted molar refractivity (Wildman–Crippen MR) is 423 cm³/mol. The molecule has 0 aromatic heterocycles. The molecule has 19 heteroatoms. The summed E-state index contributed by atoms with van der Waals surface area (Å²) in [5.41, 5.74) is 0. The summed E-state index contributed by atoms with van der Waals surface area (Å²) in [6, 6.07) is 0. The van der Waals surface area contributed by atoms with E-state index in [0.29, 0.717) is 31.6 Å². The molecule has 0 amide bonds. The molecule has 0 aliphatic heterocycles. The van der Waals surface area contributed by atoms with E-state index in [9.17, 15) is 43.2 Å². The minimum atomic E-state index is -4.96. The molecular weight excluding hydrogens is 1340 g/mol. The Kier molecular flexibility index (Phi) is 72.8. The number of aliphatic hydroxyl groups is 1. The van der Waals surface area contributed by atoms with Gasteiger partial charge in [0, 0.05) is 25.7 Å². The van der Waals surface area contributed by atoms with E-state index in [1.54, 1.807) is 0 Å². The Hall–Kier alpha value is -1.94. The second kappa shape index (κ2) is 74.2. The maximum atomic E-state index is 13.1. The van der Waals surface area contributed by atoms with Crippen molar-refractivity contribution in [3.63, 3.8) is 0 Å². The fourth-order valence-electron chi connectivity index (χ4n) is 13.0. The minimum absolute atomic E-state index is 0.105. The minimum Gasteiger partial charge on any atom is -0.462 e. The van der Waals surface area contributed by atoms with Gasteiger partial charge in [0.25, 0.3) is 0 Å². The van der Waals surface area contributed by atoms with Crippen LogP contribution in [0.15, 0.2) is 0 Å². The van der Waals surface area contributed by atoms with Crippen LogP contribution in [0, 0.1) is 17.8 Å². The summed E-state index contributed by atoms with van der Waals surface area (Å²) >= 11 is 0. The Morgan fingerprint density at radius 2 is 0.495 bits per heavy atom. The van der Waals surface area contributed by atoms with Crippen LogP contribution in [0.2, 0.25) is 0 Å². The van der Waals surface area contributed by atoms with Gasteiger partial charge in [-0.05, 0) is 43.4 Å². The van der Waals surface area contributed by atoms with Crippen LogP contribution < -0.4 is 0 Å². The van der Waals surface area contributed by atoms with Gasteiger partial charge >= 0.3 is 39.5 Å². The average molecular weight is 1510 g/mol. The highest BCUT2D eigenvalue weighted by molar-refractivity contribution is 7.47. The molecule has 3 unspecified atom stereocenters. The molecule has 0 aromatic rings. The van der Waals surface area contributed by atoms with E-state index in [2.05, 4.69) is 48.5 Å². The molecule has 0 saturated carbocycles. The smallest absolute Gasteiger partial charge is 0.462 e. The molecule has 3 N–H and O–H groups in total. The highest BCUT2D eigenvalue weighted by Crippen LogP contribution is 2.45. The van der Waals surface area contributed by atoms with Crippen molar-refractivity contribution in [1.82, 2.24) is 0 Å². The van der Waals surface area contributed by atoms with Gasteiger partial charge < -0.3 is 33.8 Å². The Morgan fingerprint density at radius 3 is 0.738 bits per heavy atom. The van der Waals surface area contributed by atoms with Gasteiger partial charge in [-0.25, -0.2) is 9.13 Å². The highest BCUT2D eigenvalue weighted by atomic mass is 31.2. The number of aliphatic hydroxyl groups excluding tert-OH is 1. The van der Waals surface area contributed by atoms with Crippen molar-refractivity contribution >= 4 is 39.5 Å². The monoisotopic (exact) mass is 1510 g/mol. The van der Waals surface area contributed by atoms with Gasteiger partial charge in [0.15, 0.2) is 12.2 Å². The first-order valence-corrected chi connectivity index (χ1v) is 46.4. The summed E-state index contributed by atoms with van der Waals surface area (Å²) in [6.45, 7) is 11.9. The molecule has 0 saturated heterocycles. The molecule has 0 rings (SSSR count). The van der Waals surface area contributed by atoms with Gasteiger partial charge in [0.2, 0.25) is 0 Å². The lowest BCUT2D eigenvalue weighted by Crippen LogP contribution is -2.30. The first kappa shape index (κ1) is 101. The Morgan fingerprint density at radius 1 is 0.282 bits per heavy atom. The van der Waals surface area contributed by atoms with Crippen molar-refractivity contribution < 1.29 is 80.2 Å². The topological polar surface area (TPSA) is 237 Å². The van der Waals surface area contributed by atoms with Gasteiger partial charge in [0.1, 0.15) is 19.3 Å². The zero-order valence-corrected chi connectivity index (χ0v) is 69.6. The van der Waals surface area contributed by atoms with Crippen LogP contribution >= 0.6 is 15.6 Å². The number of rotatable bonds is 82. The number of carbonyl (C=O) groups is 4. The summed E-state index contributed by atoms with van der Waals surface area (Å²) < 4.78 is 68.8. The normalized spacial score (nSPS) is 14.2. The van der Waals surface area contributed by atoms with Crippen LogP contribution in [0.1, 0.15) is 440 Å². The van der Waals surface area contributed by atoms with Crippen molar-refractivity contribution in [3.8, 4) is 0 Å². The third-order valence-corrected chi connectivity index (χ3v) is 21.9. The van der Waals surface area contributed by atoms with Gasteiger partial charge in [-0.3, -0.25) is 37.3 Å². The van der Waals surface area contributed by atoms with E-state index >= 15 is 0 Å². The highest BCUT2D eigenvalue weighted by Gasteiger charge is 2.30. The number of carbonyl (C=O) groups excluding carboxylic acids is 4. The van der Waals surface area contributed by atoms with Crippen molar-refractivity contribution in [2.24, 2.45) is 17.8 Å². The first-order valence-electron chi connectivity index (χ1n) is 43.4. The SMILES string of the molecule is CCCCCCCCCCCCCCCCCCCCCCCC(=O)O[C@H](COC(=O)CCCCCCCCCCCCCCCCCCC(C)C)COP(=O)(O)OC[C@@H](O)COP(=O)(O)OC[C@@H](COC(=O)CCCCCCCCC(C)C)OC(=O)CCCCCCCCCCCCC(C)CC. The first-order chi connectivity index (χ1) is 49.8. The molecule has 103 heavy (non-hydrogen) atoms. The van der Waals surface area contributed by atoms with Crippen molar-refractivity contribution in [3.05, 3.63) is 0 Å². The second-order valence-electron chi connectivity index (χ2n) is 31.4. The number of unbranched alkanes of at least 4 members (excludes halogenated alkanes) is 49. The zero-order valence-electron chi connectivity index (χ0n) is 67.8. The number of hydrogen-bond acceptors (Lipinski definition) is 15. The fourth-order valence-corrected chi connectivity index (χ4v) is 14.6. The summed E-state index contributed by atoms with van der Waals surface area (Å²) in [5.74, 6) is 0.184. The molecular formula is C84H164O17P2. The van der Waals surface area contributed by atoms with E-state index < -0.39 is 97.5 Å². The average Bonchev–Trinajstić information content (AvgIpc) is 0.913. The number of phosphoric acid groups is 2. The largest absolute Gasteiger partial charge is 0.472 e. The molecule has 0 radical (unpaired) electrons. The lowest BCUT2D eigenvalue weighted by molar-refractivity contribution is -0.161. The standard InChI is InChI=1S/C84H164O17P2/c1-8-10-11-12-13-14-15-16-17-18-19-20-21-22-27-30-33-39-44-53-60-67-83(88)100-79(71-94-81(86)65-58-51-43-38-32-29-26-24-23-25-28-31-36-41-48-55-62-75(3)4)73-98-102(90,91)96-69-78(85)70-97-103(92,93)99-74-80(72-95-82(87)66-59-52-47-46-49-56-63-76(5)6)101-84(89)68-61-54-45-40-35-34-37-42-50-57-64-77(7)9-2/h75-80,85H,8-74H2,1-7H3,(H,90,91)(H,92,93)/t77?,78-,79-,80-/m1/s1. The molecule has 0 aliphatic carbocycles.